The Balaban J connectivity index is 2.47. The zero-order valence-corrected chi connectivity index (χ0v) is 27.2. The maximum Gasteiger partial charge on any atom is 0.508 e. The number of quaternary nitrogens is 1. The molecule has 0 fully saturated rings. The summed E-state index contributed by atoms with van der Waals surface area (Å²) in [6, 6.07) is 9.17. The van der Waals surface area contributed by atoms with Crippen LogP contribution in [-0.2, 0) is 44.8 Å². The van der Waals surface area contributed by atoms with Crippen molar-refractivity contribution in [3.8, 4) is 0 Å². The van der Waals surface area contributed by atoms with Gasteiger partial charge in [-0.15, -0.1) is 0 Å². The number of amides is 2. The van der Waals surface area contributed by atoms with E-state index in [4.69, 9.17) is 14.2 Å². The van der Waals surface area contributed by atoms with Gasteiger partial charge in [-0.2, -0.15) is 0 Å². The number of esters is 1. The van der Waals surface area contributed by atoms with E-state index in [1.54, 1.807) is 0 Å². The number of nitrogens with one attached hydrogen (secondary N) is 2. The Morgan fingerprint density at radius 1 is 0.977 bits per heavy atom. The van der Waals surface area contributed by atoms with Crippen LogP contribution in [-0.4, -0.2) is 110 Å². The lowest BCUT2D eigenvalue weighted by atomic mass is 9.87. The number of hydrogen-bond donors (Lipinski definition) is 3. The molecule has 0 heterocycles. The lowest BCUT2D eigenvalue weighted by Gasteiger charge is -2.30. The molecule has 0 aliphatic heterocycles. The molecule has 44 heavy (non-hydrogen) atoms. The van der Waals surface area contributed by atoms with Gasteiger partial charge in [0.25, 0.3) is 0 Å². The van der Waals surface area contributed by atoms with Gasteiger partial charge in [-0.1, -0.05) is 55.9 Å². The third-order valence-corrected chi connectivity index (χ3v) is 6.81. The molecule has 0 bridgehead atoms. The summed E-state index contributed by atoms with van der Waals surface area (Å²) in [5.74, 6) is -1.57. The SMILES string of the molecule is CC(=O)CC(=O)SCCNC(=O)CCNC(=O)[C@H](O)C(C)(C)COC(=O)O[C@H](CC(=O)OCc1ccccc1)C[N+](C)(C)C. The molecular formula is C30H46N3O10S+. The predicted octanol–water partition coefficient (Wildman–Crippen LogP) is 1.60. The Morgan fingerprint density at radius 2 is 1.64 bits per heavy atom. The van der Waals surface area contributed by atoms with Gasteiger partial charge in [0, 0.05) is 30.7 Å². The summed E-state index contributed by atoms with van der Waals surface area (Å²) in [7, 11) is 5.62. The van der Waals surface area contributed by atoms with Gasteiger partial charge in [-0.3, -0.25) is 24.0 Å². The summed E-state index contributed by atoms with van der Waals surface area (Å²) < 4.78 is 16.3. The van der Waals surface area contributed by atoms with Crippen LogP contribution in [0.1, 0.15) is 45.6 Å². The third kappa shape index (κ3) is 17.6. The van der Waals surface area contributed by atoms with E-state index in [2.05, 4.69) is 10.6 Å². The molecule has 0 aromatic heterocycles. The van der Waals surface area contributed by atoms with Crippen molar-refractivity contribution in [1.29, 1.82) is 0 Å². The fraction of sp³-hybridized carbons (Fsp3) is 0.600. The van der Waals surface area contributed by atoms with Crippen molar-refractivity contribution < 1.29 is 52.6 Å². The van der Waals surface area contributed by atoms with E-state index in [1.165, 1.54) is 20.8 Å². The number of benzene rings is 1. The average molecular weight is 641 g/mol. The number of aliphatic hydroxyl groups excluding tert-OH is 1. The number of nitrogens with zero attached hydrogens (tertiary/aromatic N) is 1. The first-order valence-electron chi connectivity index (χ1n) is 14.2. The number of hydrogen-bond acceptors (Lipinski definition) is 11. The summed E-state index contributed by atoms with van der Waals surface area (Å²) in [5.41, 5.74) is -0.386. The fourth-order valence-corrected chi connectivity index (χ4v) is 4.42. The summed E-state index contributed by atoms with van der Waals surface area (Å²) in [6.07, 6.45) is -3.87. The molecular weight excluding hydrogens is 594 g/mol. The van der Waals surface area contributed by atoms with Gasteiger partial charge in [0.15, 0.2) is 11.2 Å². The second kappa shape index (κ2) is 19.0. The van der Waals surface area contributed by atoms with Crippen molar-refractivity contribution in [3.05, 3.63) is 35.9 Å². The van der Waals surface area contributed by atoms with Crippen LogP contribution in [0.3, 0.4) is 0 Å². The number of Topliss-reactive ketones (excluding diaryl/α,β-unsaturated/α-hetero) is 1. The van der Waals surface area contributed by atoms with Gasteiger partial charge in [0.1, 0.15) is 31.6 Å². The number of carbonyl (C=O) groups is 6. The average Bonchev–Trinajstić information content (AvgIpc) is 2.92. The van der Waals surface area contributed by atoms with Crippen molar-refractivity contribution in [2.75, 3.05) is 53.1 Å². The zero-order chi connectivity index (χ0) is 33.3. The maximum absolute atomic E-state index is 12.5. The molecule has 3 N–H and O–H groups in total. The van der Waals surface area contributed by atoms with Crippen molar-refractivity contribution in [2.45, 2.75) is 58.8 Å². The van der Waals surface area contributed by atoms with Crippen LogP contribution in [0.15, 0.2) is 30.3 Å². The number of thioether (sulfide) groups is 1. The van der Waals surface area contributed by atoms with Crippen LogP contribution in [0.2, 0.25) is 0 Å². The van der Waals surface area contributed by atoms with Crippen LogP contribution in [0.5, 0.6) is 0 Å². The van der Waals surface area contributed by atoms with Crippen LogP contribution < -0.4 is 10.6 Å². The van der Waals surface area contributed by atoms with Crippen molar-refractivity contribution in [3.63, 3.8) is 0 Å². The Hall–Kier alpha value is -3.49. The second-order valence-corrected chi connectivity index (χ2v) is 13.1. The lowest BCUT2D eigenvalue weighted by molar-refractivity contribution is -0.873. The highest BCUT2D eigenvalue weighted by molar-refractivity contribution is 8.13. The molecule has 0 aliphatic carbocycles. The topological polar surface area (TPSA) is 174 Å². The minimum Gasteiger partial charge on any atom is -0.461 e. The highest BCUT2D eigenvalue weighted by atomic mass is 32.2. The third-order valence-electron chi connectivity index (χ3n) is 5.93. The van der Waals surface area contributed by atoms with Crippen LogP contribution in [0.4, 0.5) is 4.79 Å². The number of carbonyl (C=O) groups excluding carboxylic acids is 6. The Labute approximate surface area is 262 Å². The minimum absolute atomic E-state index is 0.0514. The Kier molecular flexibility index (Phi) is 16.7. The van der Waals surface area contributed by atoms with Gasteiger partial charge in [0.2, 0.25) is 11.8 Å². The van der Waals surface area contributed by atoms with Crippen LogP contribution in [0, 0.1) is 5.41 Å². The van der Waals surface area contributed by atoms with Gasteiger partial charge in [-0.05, 0) is 12.5 Å². The molecule has 0 saturated heterocycles. The van der Waals surface area contributed by atoms with E-state index in [9.17, 15) is 33.9 Å². The van der Waals surface area contributed by atoms with E-state index in [1.807, 2.05) is 51.5 Å². The monoisotopic (exact) mass is 640 g/mol. The van der Waals surface area contributed by atoms with Crippen molar-refractivity contribution >= 4 is 46.6 Å². The molecule has 0 unspecified atom stereocenters. The Bertz CT molecular complexity index is 1120. The second-order valence-electron chi connectivity index (χ2n) is 12.0. The fourth-order valence-electron chi connectivity index (χ4n) is 3.68. The maximum atomic E-state index is 12.5. The van der Waals surface area contributed by atoms with E-state index >= 15 is 0 Å². The molecule has 246 valence electrons. The molecule has 0 radical (unpaired) electrons. The lowest BCUT2D eigenvalue weighted by Crippen LogP contribution is -2.47. The smallest absolute Gasteiger partial charge is 0.461 e. The normalized spacial score (nSPS) is 12.8. The van der Waals surface area contributed by atoms with Crippen molar-refractivity contribution in [2.24, 2.45) is 5.41 Å². The highest BCUT2D eigenvalue weighted by Gasteiger charge is 2.36. The summed E-state index contributed by atoms with van der Waals surface area (Å²) >= 11 is 0.954. The van der Waals surface area contributed by atoms with E-state index < -0.39 is 35.7 Å². The molecule has 2 atom stereocenters. The molecule has 13 nitrogen and oxygen atoms in total. The van der Waals surface area contributed by atoms with E-state index in [0.29, 0.717) is 16.8 Å². The molecule has 0 aliphatic rings. The first kappa shape index (κ1) is 38.5. The molecule has 0 spiro atoms. The minimum atomic E-state index is -1.57. The Morgan fingerprint density at radius 3 is 2.25 bits per heavy atom. The standard InChI is InChI=1S/C30H45N3O10S/c1-21(34)16-26(37)44-15-14-31-24(35)12-13-32-28(39)27(38)30(2,3)20-42-29(40)43-23(18-33(4,5)6)17-25(36)41-19-22-10-8-7-9-11-22/h7-11,23,27,38H,12-20H2,1-6H3,(H-,31,32,35,39)/p+1/t23-,27+/m1/s1. The number of aliphatic hydroxyl groups is 1. The van der Waals surface area contributed by atoms with Gasteiger partial charge >= 0.3 is 12.1 Å². The molecule has 1 aromatic rings. The number of likely N-dealkylation sites (N-methyl/N-ethyl adjacent to an activating group) is 1. The first-order valence-corrected chi connectivity index (χ1v) is 15.2. The highest BCUT2D eigenvalue weighted by Crippen LogP contribution is 2.22. The quantitative estimate of drug-likeness (QED) is 0.0867. The van der Waals surface area contributed by atoms with Crippen LogP contribution in [0.25, 0.3) is 0 Å². The molecule has 1 aromatic carbocycles. The summed E-state index contributed by atoms with van der Waals surface area (Å²) in [5, 5.41) is 15.4. The molecule has 1 rings (SSSR count). The van der Waals surface area contributed by atoms with Crippen LogP contribution >= 0.6 is 11.8 Å². The zero-order valence-electron chi connectivity index (χ0n) is 26.4. The number of ether oxygens (including phenoxy) is 3. The van der Waals surface area contributed by atoms with Crippen molar-refractivity contribution in [1.82, 2.24) is 10.6 Å². The van der Waals surface area contributed by atoms with Gasteiger partial charge in [-0.25, -0.2) is 4.79 Å². The molecule has 0 saturated carbocycles. The summed E-state index contributed by atoms with van der Waals surface area (Å²) in [6.45, 7) is 4.56. The number of rotatable bonds is 19. The largest absolute Gasteiger partial charge is 0.508 e. The first-order chi connectivity index (χ1) is 20.5. The van der Waals surface area contributed by atoms with E-state index in [-0.39, 0.29) is 62.4 Å². The molecule has 2 amide bonds. The molecule has 14 heteroatoms. The van der Waals surface area contributed by atoms with Gasteiger partial charge in [0.05, 0.1) is 34.0 Å². The predicted molar refractivity (Wildman–Crippen MR) is 163 cm³/mol. The number of ketones is 1. The summed E-state index contributed by atoms with van der Waals surface area (Å²) in [4.78, 5) is 71.8. The van der Waals surface area contributed by atoms with E-state index in [0.717, 1.165) is 17.3 Å². The van der Waals surface area contributed by atoms with Gasteiger partial charge < -0.3 is 34.4 Å².